The van der Waals surface area contributed by atoms with E-state index >= 15 is 0 Å². The molecule has 0 spiro atoms. The van der Waals surface area contributed by atoms with Gasteiger partial charge in [0, 0.05) is 18.3 Å². The van der Waals surface area contributed by atoms with Crippen LogP contribution in [0.15, 0.2) is 48.7 Å². The Morgan fingerprint density at radius 2 is 1.58 bits per heavy atom. The van der Waals surface area contributed by atoms with Crippen LogP contribution in [-0.2, 0) is 6.54 Å². The van der Waals surface area contributed by atoms with Gasteiger partial charge in [-0.2, -0.15) is 0 Å². The summed E-state index contributed by atoms with van der Waals surface area (Å²) < 4.78 is 2.33. The van der Waals surface area contributed by atoms with Crippen molar-refractivity contribution in [2.24, 2.45) is 0 Å². The topological polar surface area (TPSA) is 4.93 Å². The van der Waals surface area contributed by atoms with Crippen LogP contribution in [0.25, 0.3) is 10.9 Å². The standard InChI is InChI=1S/C18H19N/c1-13-4-6-15(3)17(11-13)12-19-9-8-16-10-14(2)5-7-18(16)19/h4-11H,12H2,1-3H3. The van der Waals surface area contributed by atoms with Crippen LogP contribution in [0.3, 0.4) is 0 Å². The summed E-state index contributed by atoms with van der Waals surface area (Å²) >= 11 is 0. The predicted octanol–water partition coefficient (Wildman–Crippen LogP) is 4.61. The maximum Gasteiger partial charge on any atom is 0.0483 e. The molecule has 1 heteroatoms. The van der Waals surface area contributed by atoms with Gasteiger partial charge in [-0.25, -0.2) is 0 Å². The van der Waals surface area contributed by atoms with E-state index in [4.69, 9.17) is 0 Å². The zero-order chi connectivity index (χ0) is 13.4. The van der Waals surface area contributed by atoms with Crippen LogP contribution in [0.5, 0.6) is 0 Å². The van der Waals surface area contributed by atoms with E-state index in [0.29, 0.717) is 0 Å². The summed E-state index contributed by atoms with van der Waals surface area (Å²) in [7, 11) is 0. The maximum atomic E-state index is 2.33. The highest BCUT2D eigenvalue weighted by molar-refractivity contribution is 5.80. The summed E-state index contributed by atoms with van der Waals surface area (Å²) in [5.41, 5.74) is 6.72. The summed E-state index contributed by atoms with van der Waals surface area (Å²) in [6, 6.07) is 15.5. The second-order valence-electron chi connectivity index (χ2n) is 5.44. The van der Waals surface area contributed by atoms with Gasteiger partial charge in [-0.1, -0.05) is 35.4 Å². The second kappa shape index (κ2) is 4.58. The molecule has 0 bridgehead atoms. The minimum absolute atomic E-state index is 0.945. The molecule has 2 aromatic carbocycles. The Balaban J connectivity index is 2.03. The highest BCUT2D eigenvalue weighted by Gasteiger charge is 2.04. The molecule has 19 heavy (non-hydrogen) atoms. The van der Waals surface area contributed by atoms with Crippen molar-refractivity contribution in [1.29, 1.82) is 0 Å². The molecule has 0 fully saturated rings. The molecule has 0 aliphatic heterocycles. The molecule has 0 aliphatic carbocycles. The number of hydrogen-bond acceptors (Lipinski definition) is 0. The second-order valence-corrected chi connectivity index (χ2v) is 5.44. The summed E-state index contributed by atoms with van der Waals surface area (Å²) in [6.07, 6.45) is 2.19. The first-order valence-corrected chi connectivity index (χ1v) is 6.75. The highest BCUT2D eigenvalue weighted by Crippen LogP contribution is 2.20. The van der Waals surface area contributed by atoms with Crippen molar-refractivity contribution in [1.82, 2.24) is 4.57 Å². The molecule has 1 nitrogen and oxygen atoms in total. The van der Waals surface area contributed by atoms with Crippen LogP contribution >= 0.6 is 0 Å². The molecule has 1 heterocycles. The van der Waals surface area contributed by atoms with Gasteiger partial charge in [0.05, 0.1) is 0 Å². The average Bonchev–Trinajstić information content (AvgIpc) is 2.76. The lowest BCUT2D eigenvalue weighted by Crippen LogP contribution is -2.00. The van der Waals surface area contributed by atoms with Gasteiger partial charge in [0.15, 0.2) is 0 Å². The zero-order valence-corrected chi connectivity index (χ0v) is 11.8. The van der Waals surface area contributed by atoms with Crippen LogP contribution in [-0.4, -0.2) is 4.57 Å². The van der Waals surface area contributed by atoms with Crippen LogP contribution in [0, 0.1) is 20.8 Å². The Morgan fingerprint density at radius 3 is 2.42 bits per heavy atom. The number of hydrogen-bond donors (Lipinski definition) is 0. The molecule has 96 valence electrons. The van der Waals surface area contributed by atoms with Gasteiger partial charge in [-0.05, 0) is 55.5 Å². The van der Waals surface area contributed by atoms with Gasteiger partial charge in [0.1, 0.15) is 0 Å². The summed E-state index contributed by atoms with van der Waals surface area (Å²) in [5, 5.41) is 1.32. The quantitative estimate of drug-likeness (QED) is 0.625. The SMILES string of the molecule is Cc1ccc(C)c(Cn2ccc3cc(C)ccc32)c1. The largest absolute Gasteiger partial charge is 0.343 e. The summed E-state index contributed by atoms with van der Waals surface area (Å²) in [5.74, 6) is 0. The molecule has 0 atom stereocenters. The fourth-order valence-corrected chi connectivity index (χ4v) is 2.61. The average molecular weight is 249 g/mol. The lowest BCUT2D eigenvalue weighted by molar-refractivity contribution is 0.829. The van der Waals surface area contributed by atoms with Gasteiger partial charge in [-0.15, -0.1) is 0 Å². The smallest absolute Gasteiger partial charge is 0.0483 e. The Bertz CT molecular complexity index is 735. The molecule has 0 saturated heterocycles. The number of benzene rings is 2. The summed E-state index contributed by atoms with van der Waals surface area (Å²) in [6.45, 7) is 7.42. The monoisotopic (exact) mass is 249 g/mol. The summed E-state index contributed by atoms with van der Waals surface area (Å²) in [4.78, 5) is 0. The molecule has 0 radical (unpaired) electrons. The van der Waals surface area contributed by atoms with E-state index < -0.39 is 0 Å². The third-order valence-electron chi connectivity index (χ3n) is 3.77. The number of fused-ring (bicyclic) bond motifs is 1. The number of rotatable bonds is 2. The van der Waals surface area contributed by atoms with E-state index in [1.54, 1.807) is 0 Å². The fraction of sp³-hybridized carbons (Fsp3) is 0.222. The molecule has 0 N–H and O–H groups in total. The normalized spacial score (nSPS) is 11.1. The van der Waals surface area contributed by atoms with Crippen molar-refractivity contribution in [3.05, 3.63) is 70.9 Å². The molecular weight excluding hydrogens is 230 g/mol. The van der Waals surface area contributed by atoms with E-state index in [0.717, 1.165) is 6.54 Å². The van der Waals surface area contributed by atoms with Gasteiger partial charge in [0.2, 0.25) is 0 Å². The lowest BCUT2D eigenvalue weighted by Gasteiger charge is -2.10. The molecule has 3 aromatic rings. The molecule has 0 saturated carbocycles. The Labute approximate surface area is 114 Å². The minimum atomic E-state index is 0.945. The predicted molar refractivity (Wildman–Crippen MR) is 81.7 cm³/mol. The first-order chi connectivity index (χ1) is 9.13. The first kappa shape index (κ1) is 12.0. The molecule has 0 amide bonds. The maximum absolute atomic E-state index is 2.33. The lowest BCUT2D eigenvalue weighted by atomic mass is 10.1. The van der Waals surface area contributed by atoms with Crippen molar-refractivity contribution >= 4 is 10.9 Å². The Kier molecular flexibility index (Phi) is 2.90. The molecule has 0 unspecified atom stereocenters. The van der Waals surface area contributed by atoms with Crippen molar-refractivity contribution < 1.29 is 0 Å². The molecular formula is C18H19N. The Morgan fingerprint density at radius 1 is 0.842 bits per heavy atom. The number of aromatic nitrogens is 1. The number of aryl methyl sites for hydroxylation is 3. The van der Waals surface area contributed by atoms with Crippen LogP contribution in [0.4, 0.5) is 0 Å². The van der Waals surface area contributed by atoms with Gasteiger partial charge in [0.25, 0.3) is 0 Å². The van der Waals surface area contributed by atoms with Crippen molar-refractivity contribution in [2.45, 2.75) is 27.3 Å². The zero-order valence-electron chi connectivity index (χ0n) is 11.8. The van der Waals surface area contributed by atoms with E-state index in [9.17, 15) is 0 Å². The highest BCUT2D eigenvalue weighted by atomic mass is 14.9. The first-order valence-electron chi connectivity index (χ1n) is 6.75. The fourth-order valence-electron chi connectivity index (χ4n) is 2.61. The number of nitrogens with zero attached hydrogens (tertiary/aromatic N) is 1. The molecule has 3 rings (SSSR count). The third kappa shape index (κ3) is 2.28. The van der Waals surface area contributed by atoms with Crippen LogP contribution in [0.2, 0.25) is 0 Å². The minimum Gasteiger partial charge on any atom is -0.343 e. The van der Waals surface area contributed by atoms with E-state index in [1.807, 2.05) is 0 Å². The molecule has 0 aliphatic rings. The molecule has 1 aromatic heterocycles. The van der Waals surface area contributed by atoms with Crippen molar-refractivity contribution in [3.8, 4) is 0 Å². The van der Waals surface area contributed by atoms with Gasteiger partial charge < -0.3 is 4.57 Å². The van der Waals surface area contributed by atoms with Crippen molar-refractivity contribution in [3.63, 3.8) is 0 Å². The third-order valence-corrected chi connectivity index (χ3v) is 3.77. The van der Waals surface area contributed by atoms with Gasteiger partial charge in [-0.3, -0.25) is 0 Å². The van der Waals surface area contributed by atoms with Crippen molar-refractivity contribution in [2.75, 3.05) is 0 Å². The van der Waals surface area contributed by atoms with E-state index in [1.165, 1.54) is 33.2 Å². The van der Waals surface area contributed by atoms with Crippen LogP contribution in [0.1, 0.15) is 22.3 Å². The van der Waals surface area contributed by atoms with Gasteiger partial charge >= 0.3 is 0 Å². The van der Waals surface area contributed by atoms with E-state index in [2.05, 4.69) is 74.0 Å². The van der Waals surface area contributed by atoms with Crippen LogP contribution < -0.4 is 0 Å². The van der Waals surface area contributed by atoms with E-state index in [-0.39, 0.29) is 0 Å². The Hall–Kier alpha value is -2.02.